The van der Waals surface area contributed by atoms with Gasteiger partial charge in [-0.3, -0.25) is 14.6 Å². The van der Waals surface area contributed by atoms with E-state index in [1.807, 2.05) is 41.8 Å². The Labute approximate surface area is 185 Å². The van der Waals surface area contributed by atoms with Gasteiger partial charge in [-0.2, -0.15) is 0 Å². The number of halogens is 1. The Morgan fingerprint density at radius 2 is 1.79 bits per heavy atom. The summed E-state index contributed by atoms with van der Waals surface area (Å²) in [5.74, 6) is 0.671. The summed E-state index contributed by atoms with van der Waals surface area (Å²) in [6, 6.07) is 9.28. The molecule has 2 amide bonds. The lowest BCUT2D eigenvalue weighted by atomic mass is 9.96. The second-order valence-electron chi connectivity index (χ2n) is 7.62. The Morgan fingerprint density at radius 1 is 1.18 bits per heavy atom. The lowest BCUT2D eigenvalue weighted by Gasteiger charge is -2.49. The van der Waals surface area contributed by atoms with Crippen molar-refractivity contribution < 1.29 is 9.59 Å². The highest BCUT2D eigenvalue weighted by Crippen LogP contribution is 2.24. The highest BCUT2D eigenvalue weighted by Gasteiger charge is 2.40. The first-order valence-corrected chi connectivity index (χ1v) is 9.37. The van der Waals surface area contributed by atoms with Crippen LogP contribution in [-0.2, 0) is 4.79 Å². The minimum Gasteiger partial charge on any atom is -0.354 e. The van der Waals surface area contributed by atoms with Crippen LogP contribution >= 0.6 is 24.0 Å². The molecule has 8 heteroatoms. The molecule has 0 aliphatic carbocycles. The summed E-state index contributed by atoms with van der Waals surface area (Å²) in [5.41, 5.74) is 0.363. The quantitative estimate of drug-likeness (QED) is 0.280. The number of carbonyl (C=O) groups is 2. The number of carbonyl (C=O) groups excluding carboxylic acids is 2. The van der Waals surface area contributed by atoms with E-state index in [4.69, 9.17) is 0 Å². The third kappa shape index (κ3) is 6.08. The van der Waals surface area contributed by atoms with Crippen LogP contribution in [0.1, 0.15) is 38.1 Å². The average Bonchev–Trinajstić information content (AvgIpc) is 2.60. The van der Waals surface area contributed by atoms with Crippen molar-refractivity contribution in [1.29, 1.82) is 0 Å². The highest BCUT2D eigenvalue weighted by atomic mass is 127. The summed E-state index contributed by atoms with van der Waals surface area (Å²) < 4.78 is 0. The number of rotatable bonds is 5. The van der Waals surface area contributed by atoms with Crippen molar-refractivity contribution in [3.63, 3.8) is 0 Å². The van der Waals surface area contributed by atoms with Crippen LogP contribution in [0.5, 0.6) is 0 Å². The molecule has 7 nitrogen and oxygen atoms in total. The van der Waals surface area contributed by atoms with Crippen molar-refractivity contribution in [2.75, 3.05) is 33.2 Å². The zero-order valence-corrected chi connectivity index (χ0v) is 19.7. The van der Waals surface area contributed by atoms with Gasteiger partial charge in [0.2, 0.25) is 5.91 Å². The number of nitrogens with zero attached hydrogens (tertiary/aromatic N) is 3. The number of hydrogen-bond acceptors (Lipinski definition) is 3. The summed E-state index contributed by atoms with van der Waals surface area (Å²) in [5, 5.41) is 6.12. The molecule has 0 unspecified atom stereocenters. The fourth-order valence-corrected chi connectivity index (χ4v) is 3.69. The van der Waals surface area contributed by atoms with Crippen molar-refractivity contribution in [1.82, 2.24) is 20.4 Å². The van der Waals surface area contributed by atoms with E-state index in [0.717, 1.165) is 0 Å². The molecule has 0 spiro atoms. The molecule has 0 bridgehead atoms. The second kappa shape index (κ2) is 10.6. The largest absolute Gasteiger partial charge is 0.354 e. The molecule has 2 rings (SSSR count). The predicted molar refractivity (Wildman–Crippen MR) is 123 cm³/mol. The number of aliphatic imine (C=N–C) groups is 1. The monoisotopic (exact) mass is 501 g/mol. The van der Waals surface area contributed by atoms with Crippen LogP contribution in [0.2, 0.25) is 0 Å². The van der Waals surface area contributed by atoms with Gasteiger partial charge in [0, 0.05) is 38.3 Å². The van der Waals surface area contributed by atoms with E-state index in [2.05, 4.69) is 29.5 Å². The Hall–Kier alpha value is -1.84. The van der Waals surface area contributed by atoms with Crippen molar-refractivity contribution in [3.8, 4) is 0 Å². The first-order valence-electron chi connectivity index (χ1n) is 9.37. The average molecular weight is 501 g/mol. The van der Waals surface area contributed by atoms with Crippen LogP contribution in [0, 0.1) is 0 Å². The van der Waals surface area contributed by atoms with Crippen LogP contribution < -0.4 is 10.6 Å². The summed E-state index contributed by atoms with van der Waals surface area (Å²) in [6.45, 7) is 10.2. The summed E-state index contributed by atoms with van der Waals surface area (Å²) in [6.07, 6.45) is 0. The molecule has 1 aliphatic heterocycles. The SMILES string of the molecule is CN=C(NCCNC(=O)c1ccccc1)N1CC(=O)N(C(C)C)C(C)(C)C1.I. The van der Waals surface area contributed by atoms with E-state index in [9.17, 15) is 9.59 Å². The Kier molecular flexibility index (Phi) is 9.19. The summed E-state index contributed by atoms with van der Waals surface area (Å²) in [4.78, 5) is 32.9. The maximum Gasteiger partial charge on any atom is 0.251 e. The second-order valence-corrected chi connectivity index (χ2v) is 7.62. The van der Waals surface area contributed by atoms with Crippen LogP contribution in [0.4, 0.5) is 0 Å². The van der Waals surface area contributed by atoms with Gasteiger partial charge in [-0.05, 0) is 39.8 Å². The molecule has 156 valence electrons. The molecular weight excluding hydrogens is 469 g/mol. The van der Waals surface area contributed by atoms with E-state index in [1.54, 1.807) is 19.2 Å². The summed E-state index contributed by atoms with van der Waals surface area (Å²) >= 11 is 0. The standard InChI is InChI=1S/C20H31N5O2.HI/c1-15(2)25-17(26)13-24(14-20(25,3)4)19(21-5)23-12-11-22-18(27)16-9-7-6-8-10-16;/h6-10,15H,11-14H2,1-5H3,(H,21,23)(H,22,27);1H. The van der Waals surface area contributed by atoms with Crippen LogP contribution in [0.15, 0.2) is 35.3 Å². The number of benzene rings is 1. The minimum absolute atomic E-state index is 0. The maximum absolute atomic E-state index is 12.6. The van der Waals surface area contributed by atoms with Gasteiger partial charge in [0.1, 0.15) is 0 Å². The number of hydrogen-bond donors (Lipinski definition) is 2. The predicted octanol–water partition coefficient (Wildman–Crippen LogP) is 1.94. The van der Waals surface area contributed by atoms with Crippen LogP contribution in [0.25, 0.3) is 0 Å². The molecule has 0 atom stereocenters. The van der Waals surface area contributed by atoms with Crippen LogP contribution in [-0.4, -0.2) is 72.4 Å². The third-order valence-electron chi connectivity index (χ3n) is 4.58. The topological polar surface area (TPSA) is 77.0 Å². The molecule has 1 fully saturated rings. The zero-order valence-electron chi connectivity index (χ0n) is 17.4. The van der Waals surface area contributed by atoms with E-state index in [-0.39, 0.29) is 47.4 Å². The van der Waals surface area contributed by atoms with E-state index in [1.165, 1.54) is 0 Å². The Bertz CT molecular complexity index is 691. The highest BCUT2D eigenvalue weighted by molar-refractivity contribution is 14.0. The summed E-state index contributed by atoms with van der Waals surface area (Å²) in [7, 11) is 1.71. The van der Waals surface area contributed by atoms with Crippen molar-refractivity contribution in [3.05, 3.63) is 35.9 Å². The van der Waals surface area contributed by atoms with Crippen molar-refractivity contribution in [2.45, 2.75) is 39.3 Å². The molecule has 0 aromatic heterocycles. The number of amides is 2. The van der Waals surface area contributed by atoms with Gasteiger partial charge in [-0.15, -0.1) is 24.0 Å². The molecular formula is C20H32IN5O2. The van der Waals surface area contributed by atoms with Gasteiger partial charge in [0.05, 0.1) is 12.1 Å². The van der Waals surface area contributed by atoms with Gasteiger partial charge < -0.3 is 20.4 Å². The normalized spacial score (nSPS) is 16.6. The number of guanidine groups is 1. The molecule has 1 heterocycles. The van der Waals surface area contributed by atoms with Gasteiger partial charge >= 0.3 is 0 Å². The number of piperazine rings is 1. The molecule has 0 radical (unpaired) electrons. The van der Waals surface area contributed by atoms with E-state index < -0.39 is 0 Å². The molecule has 0 saturated carbocycles. The van der Waals surface area contributed by atoms with E-state index in [0.29, 0.717) is 37.7 Å². The molecule has 1 aromatic rings. The molecule has 1 aromatic carbocycles. The molecule has 1 saturated heterocycles. The van der Waals surface area contributed by atoms with Gasteiger partial charge in [-0.1, -0.05) is 18.2 Å². The number of nitrogens with one attached hydrogen (secondary N) is 2. The third-order valence-corrected chi connectivity index (χ3v) is 4.58. The fraction of sp³-hybridized carbons (Fsp3) is 0.550. The lowest BCUT2D eigenvalue weighted by molar-refractivity contribution is -0.145. The van der Waals surface area contributed by atoms with Crippen molar-refractivity contribution in [2.24, 2.45) is 4.99 Å². The molecule has 1 aliphatic rings. The zero-order chi connectivity index (χ0) is 20.0. The maximum atomic E-state index is 12.6. The minimum atomic E-state index is -0.275. The molecule has 28 heavy (non-hydrogen) atoms. The van der Waals surface area contributed by atoms with Gasteiger partial charge in [0.15, 0.2) is 5.96 Å². The van der Waals surface area contributed by atoms with Gasteiger partial charge in [0.25, 0.3) is 5.91 Å². The lowest BCUT2D eigenvalue weighted by Crippen LogP contribution is -2.66. The first-order chi connectivity index (χ1) is 12.8. The smallest absolute Gasteiger partial charge is 0.251 e. The van der Waals surface area contributed by atoms with Crippen LogP contribution in [0.3, 0.4) is 0 Å². The Balaban J connectivity index is 0.00000392. The van der Waals surface area contributed by atoms with Crippen molar-refractivity contribution >= 4 is 41.8 Å². The fourth-order valence-electron chi connectivity index (χ4n) is 3.69. The Morgan fingerprint density at radius 3 is 2.32 bits per heavy atom. The van der Waals surface area contributed by atoms with E-state index >= 15 is 0 Å². The van der Waals surface area contributed by atoms with Gasteiger partial charge in [-0.25, -0.2) is 0 Å². The molecule has 2 N–H and O–H groups in total. The first kappa shape index (κ1) is 24.2.